The first kappa shape index (κ1) is 13.4. The third-order valence-electron chi connectivity index (χ3n) is 2.57. The van der Waals surface area contributed by atoms with Crippen molar-refractivity contribution >= 4 is 5.78 Å². The molecule has 0 spiro atoms. The van der Waals surface area contributed by atoms with Gasteiger partial charge in [0.25, 0.3) is 0 Å². The van der Waals surface area contributed by atoms with E-state index in [1.807, 2.05) is 0 Å². The zero-order valence-corrected chi connectivity index (χ0v) is 10.2. The summed E-state index contributed by atoms with van der Waals surface area (Å²) in [5, 5.41) is 19.0. The topological polar surface area (TPSA) is 66.8 Å². The van der Waals surface area contributed by atoms with E-state index in [0.29, 0.717) is 6.42 Å². The molecule has 17 heavy (non-hydrogen) atoms. The van der Waals surface area contributed by atoms with Crippen LogP contribution in [0.4, 0.5) is 0 Å². The highest BCUT2D eigenvalue weighted by molar-refractivity contribution is 6.01. The summed E-state index contributed by atoms with van der Waals surface area (Å²) in [4.78, 5) is 11.9. The maximum Gasteiger partial charge on any atom is 0.170 e. The van der Waals surface area contributed by atoms with Gasteiger partial charge in [-0.1, -0.05) is 19.8 Å². The molecule has 4 nitrogen and oxygen atoms in total. The van der Waals surface area contributed by atoms with Crippen molar-refractivity contribution in [2.45, 2.75) is 32.6 Å². The lowest BCUT2D eigenvalue weighted by Gasteiger charge is -2.10. The fourth-order valence-corrected chi connectivity index (χ4v) is 1.69. The number of hydrogen-bond acceptors (Lipinski definition) is 4. The smallest absolute Gasteiger partial charge is 0.170 e. The molecule has 0 aliphatic rings. The number of methoxy groups -OCH3 is 1. The summed E-state index contributed by atoms with van der Waals surface area (Å²) in [6, 6.07) is 2.47. The second-order valence-electron chi connectivity index (χ2n) is 3.92. The Labute approximate surface area is 101 Å². The zero-order chi connectivity index (χ0) is 12.8. The summed E-state index contributed by atoms with van der Waals surface area (Å²) in [5.41, 5.74) is 0.154. The average molecular weight is 238 g/mol. The molecular formula is C13H18O4. The number of rotatable bonds is 6. The van der Waals surface area contributed by atoms with Gasteiger partial charge in [0, 0.05) is 18.6 Å². The molecule has 1 aromatic rings. The standard InChI is InChI=1S/C13H18O4/c1-3-4-5-6-10(15)13-11(16)7-9(14)8-12(13)17-2/h7-8,14,16H,3-6H2,1-2H3. The van der Waals surface area contributed by atoms with Crippen molar-refractivity contribution in [3.05, 3.63) is 17.7 Å². The number of Topliss-reactive ketones (excluding diaryl/α,β-unsaturated/α-hetero) is 1. The normalized spacial score (nSPS) is 10.2. The van der Waals surface area contributed by atoms with Gasteiger partial charge in [0.1, 0.15) is 22.8 Å². The molecule has 0 aliphatic heterocycles. The number of aromatic hydroxyl groups is 2. The molecule has 1 rings (SSSR count). The summed E-state index contributed by atoms with van der Waals surface area (Å²) in [6.45, 7) is 2.06. The molecule has 0 bridgehead atoms. The molecule has 0 radical (unpaired) electrons. The van der Waals surface area contributed by atoms with E-state index in [1.54, 1.807) is 0 Å². The van der Waals surface area contributed by atoms with Crippen LogP contribution >= 0.6 is 0 Å². The van der Waals surface area contributed by atoms with E-state index in [4.69, 9.17) is 4.74 Å². The van der Waals surface area contributed by atoms with Gasteiger partial charge < -0.3 is 14.9 Å². The van der Waals surface area contributed by atoms with Crippen LogP contribution in [-0.4, -0.2) is 23.1 Å². The van der Waals surface area contributed by atoms with Gasteiger partial charge in [-0.2, -0.15) is 0 Å². The van der Waals surface area contributed by atoms with E-state index < -0.39 is 0 Å². The van der Waals surface area contributed by atoms with Crippen LogP contribution in [0.1, 0.15) is 43.0 Å². The molecule has 0 aromatic heterocycles. The van der Waals surface area contributed by atoms with Crippen LogP contribution in [0.5, 0.6) is 17.2 Å². The fraction of sp³-hybridized carbons (Fsp3) is 0.462. The number of carbonyl (C=O) groups is 1. The first-order chi connectivity index (χ1) is 8.10. The maximum atomic E-state index is 11.9. The summed E-state index contributed by atoms with van der Waals surface area (Å²) < 4.78 is 4.99. The Bertz CT molecular complexity index is 399. The van der Waals surface area contributed by atoms with Gasteiger partial charge in [-0.15, -0.1) is 0 Å². The van der Waals surface area contributed by atoms with Crippen molar-refractivity contribution in [2.24, 2.45) is 0 Å². The van der Waals surface area contributed by atoms with Gasteiger partial charge >= 0.3 is 0 Å². The monoisotopic (exact) mass is 238 g/mol. The minimum absolute atomic E-state index is 0.121. The number of benzene rings is 1. The molecule has 0 saturated heterocycles. The van der Waals surface area contributed by atoms with E-state index in [-0.39, 0.29) is 28.6 Å². The Balaban J connectivity index is 2.92. The Morgan fingerprint density at radius 1 is 1.29 bits per heavy atom. The van der Waals surface area contributed by atoms with Gasteiger partial charge in [0.05, 0.1) is 7.11 Å². The van der Waals surface area contributed by atoms with Gasteiger partial charge in [0.2, 0.25) is 0 Å². The lowest BCUT2D eigenvalue weighted by Crippen LogP contribution is -2.02. The quantitative estimate of drug-likeness (QED) is 0.590. The number of carbonyl (C=O) groups excluding carboxylic acids is 1. The molecular weight excluding hydrogens is 220 g/mol. The second kappa shape index (κ2) is 6.13. The van der Waals surface area contributed by atoms with Gasteiger partial charge in [-0.05, 0) is 6.42 Å². The largest absolute Gasteiger partial charge is 0.508 e. The lowest BCUT2D eigenvalue weighted by molar-refractivity contribution is 0.0973. The predicted molar refractivity (Wildman–Crippen MR) is 64.8 cm³/mol. The Hall–Kier alpha value is -1.71. The molecule has 0 heterocycles. The summed E-state index contributed by atoms with van der Waals surface area (Å²) in [5.74, 6) is -0.301. The highest BCUT2D eigenvalue weighted by atomic mass is 16.5. The number of phenols is 2. The van der Waals surface area contributed by atoms with Gasteiger partial charge in [-0.3, -0.25) is 4.79 Å². The molecule has 1 aromatic carbocycles. The van der Waals surface area contributed by atoms with E-state index in [1.165, 1.54) is 13.2 Å². The minimum atomic E-state index is -0.233. The number of ether oxygens (including phenoxy) is 1. The first-order valence-electron chi connectivity index (χ1n) is 5.73. The fourth-order valence-electron chi connectivity index (χ4n) is 1.69. The molecule has 0 fully saturated rings. The highest BCUT2D eigenvalue weighted by Gasteiger charge is 2.18. The molecule has 0 atom stereocenters. The molecule has 0 saturated carbocycles. The van der Waals surface area contributed by atoms with Crippen LogP contribution in [0, 0.1) is 0 Å². The van der Waals surface area contributed by atoms with E-state index >= 15 is 0 Å². The third-order valence-corrected chi connectivity index (χ3v) is 2.57. The number of ketones is 1. The molecule has 2 N–H and O–H groups in total. The third kappa shape index (κ3) is 3.37. The Kier molecular flexibility index (Phi) is 4.82. The van der Waals surface area contributed by atoms with Crippen LogP contribution in [0.3, 0.4) is 0 Å². The van der Waals surface area contributed by atoms with Crippen LogP contribution in [0.2, 0.25) is 0 Å². The van der Waals surface area contributed by atoms with Crippen LogP contribution in [-0.2, 0) is 0 Å². The second-order valence-corrected chi connectivity index (χ2v) is 3.92. The highest BCUT2D eigenvalue weighted by Crippen LogP contribution is 2.33. The predicted octanol–water partition coefficient (Wildman–Crippen LogP) is 2.87. The van der Waals surface area contributed by atoms with Crippen molar-refractivity contribution in [1.82, 2.24) is 0 Å². The Morgan fingerprint density at radius 2 is 2.00 bits per heavy atom. The van der Waals surface area contributed by atoms with E-state index in [0.717, 1.165) is 25.3 Å². The van der Waals surface area contributed by atoms with Crippen molar-refractivity contribution in [1.29, 1.82) is 0 Å². The van der Waals surface area contributed by atoms with E-state index in [2.05, 4.69) is 6.92 Å². The molecule has 94 valence electrons. The van der Waals surface area contributed by atoms with Crippen LogP contribution in [0.25, 0.3) is 0 Å². The lowest BCUT2D eigenvalue weighted by atomic mass is 10.0. The summed E-state index contributed by atoms with van der Waals surface area (Å²) in [6.07, 6.45) is 3.18. The van der Waals surface area contributed by atoms with Crippen molar-refractivity contribution in [2.75, 3.05) is 7.11 Å². The van der Waals surface area contributed by atoms with Crippen molar-refractivity contribution in [3.63, 3.8) is 0 Å². The van der Waals surface area contributed by atoms with Crippen molar-refractivity contribution < 1.29 is 19.7 Å². The maximum absolute atomic E-state index is 11.9. The summed E-state index contributed by atoms with van der Waals surface area (Å²) >= 11 is 0. The van der Waals surface area contributed by atoms with Crippen molar-refractivity contribution in [3.8, 4) is 17.2 Å². The van der Waals surface area contributed by atoms with Gasteiger partial charge in [-0.25, -0.2) is 0 Å². The molecule has 0 amide bonds. The number of phenolic OH excluding ortho intramolecular Hbond substituents is 2. The summed E-state index contributed by atoms with van der Waals surface area (Å²) in [7, 11) is 1.40. The van der Waals surface area contributed by atoms with Crippen LogP contribution in [0.15, 0.2) is 12.1 Å². The average Bonchev–Trinajstić information content (AvgIpc) is 2.27. The number of hydrogen-bond donors (Lipinski definition) is 2. The van der Waals surface area contributed by atoms with Crippen LogP contribution < -0.4 is 4.74 Å². The van der Waals surface area contributed by atoms with Gasteiger partial charge in [0.15, 0.2) is 5.78 Å². The minimum Gasteiger partial charge on any atom is -0.508 e. The number of unbranched alkanes of at least 4 members (excludes halogenated alkanes) is 2. The SMILES string of the molecule is CCCCCC(=O)c1c(O)cc(O)cc1OC. The molecule has 0 unspecified atom stereocenters. The molecule has 4 heteroatoms. The van der Waals surface area contributed by atoms with E-state index in [9.17, 15) is 15.0 Å². The Morgan fingerprint density at radius 3 is 2.59 bits per heavy atom. The first-order valence-corrected chi connectivity index (χ1v) is 5.73. The molecule has 0 aliphatic carbocycles. The zero-order valence-electron chi connectivity index (χ0n) is 10.2.